The number of ether oxygens (including phenoxy) is 1. The molecule has 1 aromatic carbocycles. The van der Waals surface area contributed by atoms with Gasteiger partial charge in [-0.25, -0.2) is 9.78 Å². The van der Waals surface area contributed by atoms with Crippen LogP contribution in [0.1, 0.15) is 37.9 Å². The van der Waals surface area contributed by atoms with Crippen LogP contribution in [-0.2, 0) is 4.79 Å². The SMILES string of the molecule is CC(=O)N1CCCC1(C)COc1ccc(-c2cncc(NC(=O)Nc3ccc(C)nc3)n2)cc1C. The number of aromatic nitrogens is 3. The monoisotopic (exact) mass is 474 g/mol. The zero-order valence-corrected chi connectivity index (χ0v) is 20.5. The van der Waals surface area contributed by atoms with Crippen LogP contribution in [0.15, 0.2) is 48.9 Å². The summed E-state index contributed by atoms with van der Waals surface area (Å²) in [6, 6.07) is 8.96. The van der Waals surface area contributed by atoms with Crippen molar-refractivity contribution in [3.8, 4) is 17.0 Å². The predicted octanol–water partition coefficient (Wildman–Crippen LogP) is 4.58. The molecule has 2 aromatic heterocycles. The maximum atomic E-state index is 12.3. The van der Waals surface area contributed by atoms with E-state index >= 15 is 0 Å². The molecule has 4 rings (SSSR count). The Bertz CT molecular complexity index is 1230. The lowest BCUT2D eigenvalue weighted by molar-refractivity contribution is -0.133. The average Bonchev–Trinajstić information content (AvgIpc) is 3.22. The van der Waals surface area contributed by atoms with E-state index < -0.39 is 6.03 Å². The van der Waals surface area contributed by atoms with Crippen molar-refractivity contribution in [1.29, 1.82) is 0 Å². The van der Waals surface area contributed by atoms with E-state index in [2.05, 4.69) is 32.5 Å². The van der Waals surface area contributed by atoms with Crippen molar-refractivity contribution in [3.05, 3.63) is 60.2 Å². The van der Waals surface area contributed by atoms with Crippen molar-refractivity contribution in [2.45, 2.75) is 46.1 Å². The first-order chi connectivity index (χ1) is 16.7. The zero-order chi connectivity index (χ0) is 25.0. The van der Waals surface area contributed by atoms with Crippen LogP contribution in [0.2, 0.25) is 0 Å². The van der Waals surface area contributed by atoms with Gasteiger partial charge in [0.1, 0.15) is 12.4 Å². The smallest absolute Gasteiger partial charge is 0.324 e. The Labute approximate surface area is 205 Å². The molecule has 1 aliphatic heterocycles. The van der Waals surface area contributed by atoms with Crippen molar-refractivity contribution in [1.82, 2.24) is 19.9 Å². The second-order valence-electron chi connectivity index (χ2n) is 9.10. The minimum atomic E-state index is -0.429. The summed E-state index contributed by atoms with van der Waals surface area (Å²) in [5.41, 5.74) is 3.58. The summed E-state index contributed by atoms with van der Waals surface area (Å²) in [5.74, 6) is 1.17. The van der Waals surface area contributed by atoms with Crippen LogP contribution in [0, 0.1) is 13.8 Å². The van der Waals surface area contributed by atoms with Gasteiger partial charge in [0.2, 0.25) is 5.91 Å². The van der Waals surface area contributed by atoms with Gasteiger partial charge in [0.25, 0.3) is 0 Å². The van der Waals surface area contributed by atoms with Crippen LogP contribution in [0.4, 0.5) is 16.3 Å². The summed E-state index contributed by atoms with van der Waals surface area (Å²) in [4.78, 5) is 39.1. The highest BCUT2D eigenvalue weighted by Gasteiger charge is 2.39. The topological polar surface area (TPSA) is 109 Å². The van der Waals surface area contributed by atoms with Gasteiger partial charge in [-0.1, -0.05) is 0 Å². The summed E-state index contributed by atoms with van der Waals surface area (Å²) >= 11 is 0. The quantitative estimate of drug-likeness (QED) is 0.541. The van der Waals surface area contributed by atoms with Gasteiger partial charge in [0.15, 0.2) is 5.82 Å². The fourth-order valence-electron chi connectivity index (χ4n) is 4.30. The van der Waals surface area contributed by atoms with E-state index in [9.17, 15) is 9.59 Å². The molecule has 1 unspecified atom stereocenters. The van der Waals surface area contributed by atoms with E-state index in [0.29, 0.717) is 23.8 Å². The highest BCUT2D eigenvalue weighted by Crippen LogP contribution is 2.31. The van der Waals surface area contributed by atoms with Gasteiger partial charge in [-0.3, -0.25) is 20.1 Å². The molecule has 182 valence electrons. The zero-order valence-electron chi connectivity index (χ0n) is 20.5. The molecule has 0 aliphatic carbocycles. The number of aryl methyl sites for hydroxylation is 2. The molecule has 0 bridgehead atoms. The Morgan fingerprint density at radius 1 is 1.11 bits per heavy atom. The lowest BCUT2D eigenvalue weighted by atomic mass is 10.00. The number of nitrogens with zero attached hydrogens (tertiary/aromatic N) is 4. The normalized spacial score (nSPS) is 17.2. The van der Waals surface area contributed by atoms with Gasteiger partial charge in [0.05, 0.1) is 35.5 Å². The van der Waals surface area contributed by atoms with Gasteiger partial charge in [-0.05, 0) is 69.5 Å². The number of hydrogen-bond donors (Lipinski definition) is 2. The number of anilines is 2. The number of nitrogens with one attached hydrogen (secondary N) is 2. The van der Waals surface area contributed by atoms with Gasteiger partial charge in [0, 0.05) is 24.7 Å². The first kappa shape index (κ1) is 24.1. The highest BCUT2D eigenvalue weighted by atomic mass is 16.5. The largest absolute Gasteiger partial charge is 0.491 e. The third kappa shape index (κ3) is 5.74. The van der Waals surface area contributed by atoms with Crippen LogP contribution < -0.4 is 15.4 Å². The van der Waals surface area contributed by atoms with Crippen LogP contribution >= 0.6 is 0 Å². The Hall–Kier alpha value is -4.01. The molecular weight excluding hydrogens is 444 g/mol. The molecule has 9 heteroatoms. The molecule has 0 radical (unpaired) electrons. The fraction of sp³-hybridized carbons (Fsp3) is 0.346. The van der Waals surface area contributed by atoms with E-state index in [0.717, 1.165) is 42.0 Å². The third-order valence-electron chi connectivity index (χ3n) is 6.18. The van der Waals surface area contributed by atoms with Crippen molar-refractivity contribution < 1.29 is 14.3 Å². The Kier molecular flexibility index (Phi) is 6.95. The van der Waals surface area contributed by atoms with Gasteiger partial charge < -0.3 is 15.0 Å². The van der Waals surface area contributed by atoms with Crippen molar-refractivity contribution in [3.63, 3.8) is 0 Å². The molecule has 1 aliphatic rings. The second kappa shape index (κ2) is 10.1. The Morgan fingerprint density at radius 3 is 2.66 bits per heavy atom. The summed E-state index contributed by atoms with van der Waals surface area (Å²) in [5, 5.41) is 5.42. The minimum absolute atomic E-state index is 0.0805. The number of carbonyl (C=O) groups excluding carboxylic acids is 2. The Balaban J connectivity index is 1.42. The van der Waals surface area contributed by atoms with Crippen LogP contribution in [0.5, 0.6) is 5.75 Å². The standard InChI is InChI=1S/C26H30N6O3/c1-17-12-20(7-9-23(17)35-16-26(4)10-5-11-32(26)19(3)33)22-14-27-15-24(30-22)31-25(34)29-21-8-6-18(2)28-13-21/h6-9,12-15H,5,10-11,16H2,1-4H3,(H2,29,30,31,34). The lowest BCUT2D eigenvalue weighted by Gasteiger charge is -2.34. The van der Waals surface area contributed by atoms with Crippen molar-refractivity contribution in [2.75, 3.05) is 23.8 Å². The maximum Gasteiger partial charge on any atom is 0.324 e. The number of hydrogen-bond acceptors (Lipinski definition) is 6. The minimum Gasteiger partial charge on any atom is -0.491 e. The maximum absolute atomic E-state index is 12.3. The Morgan fingerprint density at radius 2 is 1.94 bits per heavy atom. The fourth-order valence-corrected chi connectivity index (χ4v) is 4.30. The van der Waals surface area contributed by atoms with E-state index in [-0.39, 0.29) is 11.4 Å². The number of amides is 3. The van der Waals surface area contributed by atoms with Crippen molar-refractivity contribution in [2.24, 2.45) is 0 Å². The number of pyridine rings is 1. The molecule has 0 saturated carbocycles. The van der Waals surface area contributed by atoms with E-state index in [1.807, 2.05) is 43.0 Å². The summed E-state index contributed by atoms with van der Waals surface area (Å²) < 4.78 is 6.13. The molecular formula is C26H30N6O3. The average molecular weight is 475 g/mol. The molecule has 1 atom stereocenters. The molecule has 0 spiro atoms. The second-order valence-corrected chi connectivity index (χ2v) is 9.10. The highest BCUT2D eigenvalue weighted by molar-refractivity contribution is 5.99. The predicted molar refractivity (Wildman–Crippen MR) is 134 cm³/mol. The van der Waals surface area contributed by atoms with E-state index in [1.54, 1.807) is 25.4 Å². The lowest BCUT2D eigenvalue weighted by Crippen LogP contribution is -2.48. The molecule has 2 N–H and O–H groups in total. The molecule has 9 nitrogen and oxygen atoms in total. The molecule has 1 fully saturated rings. The third-order valence-corrected chi connectivity index (χ3v) is 6.18. The number of benzene rings is 1. The first-order valence-electron chi connectivity index (χ1n) is 11.6. The summed E-state index contributed by atoms with van der Waals surface area (Å²) in [7, 11) is 0. The molecule has 3 heterocycles. The van der Waals surface area contributed by atoms with Gasteiger partial charge >= 0.3 is 6.03 Å². The molecule has 1 saturated heterocycles. The number of urea groups is 1. The molecule has 3 amide bonds. The number of likely N-dealkylation sites (tertiary alicyclic amines) is 1. The first-order valence-corrected chi connectivity index (χ1v) is 11.6. The number of carbonyl (C=O) groups is 2. The van der Waals surface area contributed by atoms with Crippen molar-refractivity contribution >= 4 is 23.4 Å². The molecule has 3 aromatic rings. The number of rotatable bonds is 6. The van der Waals surface area contributed by atoms with Crippen LogP contribution in [0.3, 0.4) is 0 Å². The van der Waals surface area contributed by atoms with E-state index in [1.165, 1.54) is 6.20 Å². The van der Waals surface area contributed by atoms with E-state index in [4.69, 9.17) is 4.74 Å². The molecule has 35 heavy (non-hydrogen) atoms. The van der Waals surface area contributed by atoms with Crippen LogP contribution in [0.25, 0.3) is 11.3 Å². The van der Waals surface area contributed by atoms with Gasteiger partial charge in [-0.2, -0.15) is 0 Å². The van der Waals surface area contributed by atoms with Crippen LogP contribution in [-0.4, -0.2) is 50.5 Å². The van der Waals surface area contributed by atoms with Gasteiger partial charge in [-0.15, -0.1) is 0 Å². The summed E-state index contributed by atoms with van der Waals surface area (Å²) in [6.07, 6.45) is 6.64. The summed E-state index contributed by atoms with van der Waals surface area (Å²) in [6.45, 7) is 8.75.